The minimum absolute atomic E-state index is 0.371. The molecule has 0 spiro atoms. The van der Waals surface area contributed by atoms with E-state index in [9.17, 15) is 8.42 Å². The molecule has 0 saturated carbocycles. The van der Waals surface area contributed by atoms with Crippen LogP contribution in [-0.2, 0) is 16.4 Å². The molecular weight excluding hydrogens is 348 g/mol. The fraction of sp³-hybridized carbons (Fsp3) is 0.700. The van der Waals surface area contributed by atoms with Crippen LogP contribution >= 0.6 is 0 Å². The molecule has 144 valence electrons. The summed E-state index contributed by atoms with van der Waals surface area (Å²) in [6.45, 7) is 8.42. The maximum atomic E-state index is 13.3. The Morgan fingerprint density at radius 3 is 2.42 bits per heavy atom. The smallest absolute Gasteiger partial charge is 0.246 e. The van der Waals surface area contributed by atoms with Gasteiger partial charge in [0.1, 0.15) is 10.6 Å². The maximum Gasteiger partial charge on any atom is 0.246 e. The number of sulfonamides is 1. The molecule has 0 radical (unpaired) electrons. The minimum atomic E-state index is -3.48. The standard InChI is InChI=1S/C20H30N2O3S/c1-15-3-8-21(9-4-15)18-5-10-22(11-6-18)26(23,24)19-14-16(2)13-17-7-12-25-20(17)19/h13-15,18H,3-12H2,1-2H3. The summed E-state index contributed by atoms with van der Waals surface area (Å²) in [5, 5.41) is 0. The number of aryl methyl sites for hydroxylation is 1. The van der Waals surface area contributed by atoms with Crippen LogP contribution in [0.3, 0.4) is 0 Å². The van der Waals surface area contributed by atoms with E-state index in [1.54, 1.807) is 10.4 Å². The molecular formula is C20H30N2O3S. The maximum absolute atomic E-state index is 13.3. The molecule has 0 amide bonds. The highest BCUT2D eigenvalue weighted by Crippen LogP contribution is 2.36. The van der Waals surface area contributed by atoms with Crippen molar-refractivity contribution in [1.82, 2.24) is 9.21 Å². The lowest BCUT2D eigenvalue weighted by atomic mass is 9.95. The van der Waals surface area contributed by atoms with E-state index in [-0.39, 0.29) is 0 Å². The van der Waals surface area contributed by atoms with Crippen LogP contribution in [0, 0.1) is 12.8 Å². The molecule has 0 N–H and O–H groups in total. The molecule has 26 heavy (non-hydrogen) atoms. The lowest BCUT2D eigenvalue weighted by Crippen LogP contribution is -2.48. The van der Waals surface area contributed by atoms with E-state index >= 15 is 0 Å². The molecule has 3 aliphatic rings. The van der Waals surface area contributed by atoms with Gasteiger partial charge < -0.3 is 9.64 Å². The zero-order valence-corrected chi connectivity index (χ0v) is 16.7. The third kappa shape index (κ3) is 3.39. The van der Waals surface area contributed by atoms with Crippen molar-refractivity contribution in [3.05, 3.63) is 23.3 Å². The fourth-order valence-corrected chi connectivity index (χ4v) is 6.33. The first-order chi connectivity index (χ1) is 12.4. The van der Waals surface area contributed by atoms with Crippen molar-refractivity contribution in [2.45, 2.75) is 56.9 Å². The number of nitrogens with zero attached hydrogens (tertiary/aromatic N) is 2. The number of hydrogen-bond acceptors (Lipinski definition) is 4. The van der Waals surface area contributed by atoms with Gasteiger partial charge in [0.15, 0.2) is 0 Å². The molecule has 0 unspecified atom stereocenters. The normalized spacial score (nSPS) is 23.8. The van der Waals surface area contributed by atoms with Gasteiger partial charge in [-0.3, -0.25) is 0 Å². The third-order valence-electron chi connectivity index (χ3n) is 6.27. The van der Waals surface area contributed by atoms with Crippen LogP contribution < -0.4 is 4.74 Å². The van der Waals surface area contributed by atoms with E-state index in [1.807, 2.05) is 13.0 Å². The summed E-state index contributed by atoms with van der Waals surface area (Å²) in [6.07, 6.45) is 5.20. The second-order valence-corrected chi connectivity index (χ2v) is 10.1. The van der Waals surface area contributed by atoms with Gasteiger partial charge >= 0.3 is 0 Å². The first kappa shape index (κ1) is 18.3. The number of benzene rings is 1. The summed E-state index contributed by atoms with van der Waals surface area (Å²) >= 11 is 0. The molecule has 0 aromatic heterocycles. The van der Waals surface area contributed by atoms with Crippen molar-refractivity contribution < 1.29 is 13.2 Å². The van der Waals surface area contributed by atoms with Gasteiger partial charge in [-0.25, -0.2) is 8.42 Å². The molecule has 0 aliphatic carbocycles. The van der Waals surface area contributed by atoms with Gasteiger partial charge in [0.25, 0.3) is 0 Å². The number of rotatable bonds is 3. The van der Waals surface area contributed by atoms with E-state index in [4.69, 9.17) is 4.74 Å². The molecule has 0 atom stereocenters. The molecule has 2 saturated heterocycles. The van der Waals surface area contributed by atoms with Crippen molar-refractivity contribution in [2.75, 3.05) is 32.8 Å². The van der Waals surface area contributed by atoms with E-state index in [0.29, 0.717) is 36.4 Å². The highest BCUT2D eigenvalue weighted by atomic mass is 32.2. The summed E-state index contributed by atoms with van der Waals surface area (Å²) in [6, 6.07) is 4.36. The SMILES string of the molecule is Cc1cc2c(c(S(=O)(=O)N3CCC(N4CCC(C)CC4)CC3)c1)OCC2. The average molecular weight is 379 g/mol. The van der Waals surface area contributed by atoms with E-state index in [0.717, 1.165) is 49.4 Å². The van der Waals surface area contributed by atoms with Crippen molar-refractivity contribution in [2.24, 2.45) is 5.92 Å². The lowest BCUT2D eigenvalue weighted by Gasteiger charge is -2.41. The van der Waals surface area contributed by atoms with Crippen LogP contribution in [0.25, 0.3) is 0 Å². The Morgan fingerprint density at radius 2 is 1.73 bits per heavy atom. The van der Waals surface area contributed by atoms with Crippen LogP contribution in [0.1, 0.15) is 43.7 Å². The fourth-order valence-electron chi connectivity index (χ4n) is 4.60. The Bertz CT molecular complexity index is 762. The summed E-state index contributed by atoms with van der Waals surface area (Å²) in [4.78, 5) is 2.95. The van der Waals surface area contributed by atoms with E-state index in [2.05, 4.69) is 11.8 Å². The summed E-state index contributed by atoms with van der Waals surface area (Å²) in [7, 11) is -3.48. The Morgan fingerprint density at radius 1 is 1.04 bits per heavy atom. The highest BCUT2D eigenvalue weighted by molar-refractivity contribution is 7.89. The second kappa shape index (κ2) is 7.13. The molecule has 2 fully saturated rings. The molecule has 1 aromatic carbocycles. The van der Waals surface area contributed by atoms with Crippen LogP contribution in [-0.4, -0.2) is 56.5 Å². The molecule has 0 bridgehead atoms. The van der Waals surface area contributed by atoms with Crippen molar-refractivity contribution in [1.29, 1.82) is 0 Å². The summed E-state index contributed by atoms with van der Waals surface area (Å²) < 4.78 is 33.9. The van der Waals surface area contributed by atoms with Crippen LogP contribution in [0.4, 0.5) is 0 Å². The molecule has 3 aliphatic heterocycles. The minimum Gasteiger partial charge on any atom is -0.492 e. The highest BCUT2D eigenvalue weighted by Gasteiger charge is 2.35. The Balaban J connectivity index is 1.47. The Hall–Kier alpha value is -1.11. The van der Waals surface area contributed by atoms with Gasteiger partial charge in [-0.05, 0) is 68.8 Å². The zero-order chi connectivity index (χ0) is 18.3. The summed E-state index contributed by atoms with van der Waals surface area (Å²) in [5.74, 6) is 1.41. The first-order valence-corrected chi connectivity index (χ1v) is 11.4. The van der Waals surface area contributed by atoms with Gasteiger partial charge in [-0.15, -0.1) is 0 Å². The summed E-state index contributed by atoms with van der Waals surface area (Å²) in [5.41, 5.74) is 2.02. The van der Waals surface area contributed by atoms with Crippen molar-refractivity contribution in [3.8, 4) is 5.75 Å². The molecule has 3 heterocycles. The number of hydrogen-bond donors (Lipinski definition) is 0. The second-order valence-electron chi connectivity index (χ2n) is 8.20. The largest absolute Gasteiger partial charge is 0.492 e. The van der Waals surface area contributed by atoms with E-state index < -0.39 is 10.0 Å². The Labute approximate surface area is 157 Å². The number of ether oxygens (including phenoxy) is 1. The number of fused-ring (bicyclic) bond motifs is 1. The van der Waals surface area contributed by atoms with Crippen LogP contribution in [0.2, 0.25) is 0 Å². The van der Waals surface area contributed by atoms with Crippen LogP contribution in [0.5, 0.6) is 5.75 Å². The van der Waals surface area contributed by atoms with Gasteiger partial charge in [-0.1, -0.05) is 13.0 Å². The van der Waals surface area contributed by atoms with Gasteiger partial charge in [0.2, 0.25) is 10.0 Å². The van der Waals surface area contributed by atoms with E-state index in [1.165, 1.54) is 12.8 Å². The quantitative estimate of drug-likeness (QED) is 0.812. The predicted octanol–water partition coefficient (Wildman–Crippen LogP) is 2.81. The monoisotopic (exact) mass is 378 g/mol. The molecule has 6 heteroatoms. The van der Waals surface area contributed by atoms with Crippen LogP contribution in [0.15, 0.2) is 17.0 Å². The zero-order valence-electron chi connectivity index (χ0n) is 15.9. The van der Waals surface area contributed by atoms with Crippen molar-refractivity contribution >= 4 is 10.0 Å². The number of likely N-dealkylation sites (tertiary alicyclic amines) is 1. The van der Waals surface area contributed by atoms with Gasteiger partial charge in [-0.2, -0.15) is 4.31 Å². The molecule has 1 aromatic rings. The average Bonchev–Trinajstić information content (AvgIpc) is 3.10. The third-order valence-corrected chi connectivity index (χ3v) is 8.17. The number of piperidine rings is 2. The van der Waals surface area contributed by atoms with Gasteiger partial charge in [0, 0.05) is 25.6 Å². The topological polar surface area (TPSA) is 49.9 Å². The molecule has 4 rings (SSSR count). The van der Waals surface area contributed by atoms with Gasteiger partial charge in [0.05, 0.1) is 6.61 Å². The lowest BCUT2D eigenvalue weighted by molar-refractivity contribution is 0.101. The Kier molecular flexibility index (Phi) is 5.01. The van der Waals surface area contributed by atoms with Crippen molar-refractivity contribution in [3.63, 3.8) is 0 Å². The first-order valence-electron chi connectivity index (χ1n) is 9.95. The molecule has 5 nitrogen and oxygen atoms in total. The predicted molar refractivity (Wildman–Crippen MR) is 102 cm³/mol.